The molecule has 6 heteroatoms. The molecule has 0 aliphatic carbocycles. The Morgan fingerprint density at radius 1 is 1.00 bits per heavy atom. The molecule has 0 aromatic heterocycles. The van der Waals surface area contributed by atoms with E-state index in [1.807, 2.05) is 26.0 Å². The van der Waals surface area contributed by atoms with Gasteiger partial charge in [-0.25, -0.2) is 8.42 Å². The van der Waals surface area contributed by atoms with Crippen molar-refractivity contribution >= 4 is 21.4 Å². The second-order valence-electron chi connectivity index (χ2n) is 5.91. The molecule has 0 aliphatic heterocycles. The molecule has 1 amide bonds. The van der Waals surface area contributed by atoms with E-state index in [4.69, 9.17) is 4.74 Å². The van der Waals surface area contributed by atoms with E-state index in [0.717, 1.165) is 23.1 Å². The average Bonchev–Trinajstić information content (AvgIpc) is 2.46. The van der Waals surface area contributed by atoms with Crippen LogP contribution in [-0.4, -0.2) is 25.8 Å². The number of ether oxygens (including phenoxy) is 1. The topological polar surface area (TPSA) is 72.5 Å². The minimum atomic E-state index is -3.42. The van der Waals surface area contributed by atoms with E-state index in [2.05, 4.69) is 11.4 Å². The lowest BCUT2D eigenvalue weighted by Gasteiger charge is -2.11. The Kier molecular flexibility index (Phi) is 5.29. The maximum Gasteiger partial charge on any atom is 0.242 e. The van der Waals surface area contributed by atoms with Crippen molar-refractivity contribution in [2.75, 3.05) is 11.6 Å². The zero-order valence-electron chi connectivity index (χ0n) is 14.2. The van der Waals surface area contributed by atoms with E-state index in [0.29, 0.717) is 11.4 Å². The maximum atomic E-state index is 11.9. The number of hydrogen-bond donors (Lipinski definition) is 1. The Balaban J connectivity index is 2.06. The normalized spacial score (nSPS) is 12.5. The van der Waals surface area contributed by atoms with E-state index < -0.39 is 21.0 Å². The molecule has 0 aliphatic rings. The van der Waals surface area contributed by atoms with Crippen LogP contribution < -0.4 is 10.1 Å². The maximum absolute atomic E-state index is 11.9. The first-order valence-electron chi connectivity index (χ1n) is 7.51. The van der Waals surface area contributed by atoms with Crippen LogP contribution in [0.1, 0.15) is 18.1 Å². The molecule has 1 atom stereocenters. The second kappa shape index (κ2) is 7.05. The molecule has 0 saturated carbocycles. The summed E-state index contributed by atoms with van der Waals surface area (Å²) in [6.07, 6.45) is 1.04. The summed E-state index contributed by atoms with van der Waals surface area (Å²) in [7, 11) is -3.42. The summed E-state index contributed by atoms with van der Waals surface area (Å²) in [4.78, 5) is 11.9. The zero-order valence-corrected chi connectivity index (χ0v) is 15.0. The predicted octanol–water partition coefficient (Wildman–Crippen LogP) is 3.47. The van der Waals surface area contributed by atoms with Gasteiger partial charge >= 0.3 is 0 Å². The summed E-state index contributed by atoms with van der Waals surface area (Å²) >= 11 is 0. The highest BCUT2D eigenvalue weighted by Crippen LogP contribution is 2.25. The fourth-order valence-electron chi connectivity index (χ4n) is 2.17. The fourth-order valence-corrected chi connectivity index (χ4v) is 2.62. The number of aryl methyl sites for hydroxylation is 2. The number of amides is 1. The highest BCUT2D eigenvalue weighted by atomic mass is 32.2. The zero-order chi connectivity index (χ0) is 17.9. The van der Waals surface area contributed by atoms with Crippen molar-refractivity contribution in [3.63, 3.8) is 0 Å². The fraction of sp³-hybridized carbons (Fsp3) is 0.278. The summed E-state index contributed by atoms with van der Waals surface area (Å²) in [6.45, 7) is 5.37. The van der Waals surface area contributed by atoms with Crippen molar-refractivity contribution in [3.05, 3.63) is 53.6 Å². The number of anilines is 1. The molecule has 0 saturated heterocycles. The van der Waals surface area contributed by atoms with Crippen molar-refractivity contribution in [1.29, 1.82) is 0 Å². The summed E-state index contributed by atoms with van der Waals surface area (Å²) in [6, 6.07) is 12.7. The van der Waals surface area contributed by atoms with E-state index in [1.54, 1.807) is 24.3 Å². The van der Waals surface area contributed by atoms with Gasteiger partial charge in [-0.3, -0.25) is 4.79 Å². The molecule has 128 valence electrons. The Morgan fingerprint density at radius 2 is 1.54 bits per heavy atom. The molecule has 2 aromatic carbocycles. The summed E-state index contributed by atoms with van der Waals surface area (Å²) < 4.78 is 28.6. The first-order chi connectivity index (χ1) is 11.1. The van der Waals surface area contributed by atoms with Gasteiger partial charge in [-0.2, -0.15) is 0 Å². The third-order valence-electron chi connectivity index (χ3n) is 3.56. The van der Waals surface area contributed by atoms with Crippen molar-refractivity contribution in [2.24, 2.45) is 0 Å². The van der Waals surface area contributed by atoms with Crippen LogP contribution in [0.4, 0.5) is 5.69 Å². The van der Waals surface area contributed by atoms with Gasteiger partial charge in [0.05, 0.1) is 0 Å². The van der Waals surface area contributed by atoms with Crippen molar-refractivity contribution in [1.82, 2.24) is 0 Å². The van der Waals surface area contributed by atoms with E-state index in [-0.39, 0.29) is 0 Å². The number of carbonyl (C=O) groups excluding carboxylic acids is 1. The lowest BCUT2D eigenvalue weighted by molar-refractivity contribution is -0.115. The first-order valence-corrected chi connectivity index (χ1v) is 9.46. The Morgan fingerprint density at radius 3 is 2.04 bits per heavy atom. The van der Waals surface area contributed by atoms with Crippen molar-refractivity contribution in [3.8, 4) is 11.5 Å². The number of carbonyl (C=O) groups is 1. The number of rotatable bonds is 5. The monoisotopic (exact) mass is 347 g/mol. The first kappa shape index (κ1) is 18.0. The number of hydrogen-bond acceptors (Lipinski definition) is 4. The van der Waals surface area contributed by atoms with Crippen LogP contribution in [-0.2, 0) is 14.6 Å². The minimum Gasteiger partial charge on any atom is -0.457 e. The molecular formula is C18H21NO4S. The standard InChI is InChI=1S/C18H21NO4S/c1-12-9-13(2)11-17(10-12)23-16-7-5-15(6-8-16)19-18(20)14(3)24(4,21)22/h5-11,14H,1-4H3,(H,19,20)/t14-/m1/s1. The van der Waals surface area contributed by atoms with Gasteiger partial charge in [0.15, 0.2) is 9.84 Å². The second-order valence-corrected chi connectivity index (χ2v) is 8.28. The largest absolute Gasteiger partial charge is 0.457 e. The molecule has 2 aromatic rings. The lowest BCUT2D eigenvalue weighted by atomic mass is 10.1. The molecule has 2 rings (SSSR count). The van der Waals surface area contributed by atoms with Gasteiger partial charge in [0.2, 0.25) is 5.91 Å². The van der Waals surface area contributed by atoms with E-state index in [1.165, 1.54) is 6.92 Å². The highest BCUT2D eigenvalue weighted by molar-refractivity contribution is 7.92. The molecular weight excluding hydrogens is 326 g/mol. The third-order valence-corrected chi connectivity index (χ3v) is 5.06. The third kappa shape index (κ3) is 4.83. The van der Waals surface area contributed by atoms with Crippen LogP contribution in [0.2, 0.25) is 0 Å². The van der Waals surface area contributed by atoms with Crippen LogP contribution >= 0.6 is 0 Å². The van der Waals surface area contributed by atoms with Gasteiger partial charge in [0.1, 0.15) is 16.7 Å². The molecule has 0 radical (unpaired) electrons. The molecule has 5 nitrogen and oxygen atoms in total. The van der Waals surface area contributed by atoms with Crippen LogP contribution in [0, 0.1) is 13.8 Å². The Hall–Kier alpha value is -2.34. The minimum absolute atomic E-state index is 0.517. The Labute approximate surface area is 142 Å². The van der Waals surface area contributed by atoms with Crippen LogP contribution in [0.25, 0.3) is 0 Å². The number of benzene rings is 2. The highest BCUT2D eigenvalue weighted by Gasteiger charge is 2.23. The van der Waals surface area contributed by atoms with Crippen LogP contribution in [0.15, 0.2) is 42.5 Å². The summed E-state index contributed by atoms with van der Waals surface area (Å²) in [5.74, 6) is 0.824. The molecule has 0 fully saturated rings. The number of sulfone groups is 1. The molecule has 0 unspecified atom stereocenters. The van der Waals surface area contributed by atoms with E-state index in [9.17, 15) is 13.2 Å². The molecule has 24 heavy (non-hydrogen) atoms. The average molecular weight is 347 g/mol. The molecule has 0 heterocycles. The van der Waals surface area contributed by atoms with Crippen molar-refractivity contribution in [2.45, 2.75) is 26.0 Å². The quantitative estimate of drug-likeness (QED) is 0.899. The van der Waals surface area contributed by atoms with Crippen LogP contribution in [0.3, 0.4) is 0 Å². The number of nitrogens with one attached hydrogen (secondary N) is 1. The summed E-state index contributed by atoms with van der Waals surface area (Å²) in [5, 5.41) is 1.49. The predicted molar refractivity (Wildman–Crippen MR) is 95.4 cm³/mol. The summed E-state index contributed by atoms with van der Waals surface area (Å²) in [5.41, 5.74) is 2.75. The van der Waals surface area contributed by atoms with Crippen LogP contribution in [0.5, 0.6) is 11.5 Å². The smallest absolute Gasteiger partial charge is 0.242 e. The van der Waals surface area contributed by atoms with E-state index >= 15 is 0 Å². The van der Waals surface area contributed by atoms with Gasteiger partial charge < -0.3 is 10.1 Å². The SMILES string of the molecule is Cc1cc(C)cc(Oc2ccc(NC(=O)[C@@H](C)S(C)(=O)=O)cc2)c1. The lowest BCUT2D eigenvalue weighted by Crippen LogP contribution is -2.31. The van der Waals surface area contributed by atoms with Gasteiger partial charge in [-0.15, -0.1) is 0 Å². The Bertz CT molecular complexity index is 822. The van der Waals surface area contributed by atoms with Gasteiger partial charge in [0, 0.05) is 11.9 Å². The van der Waals surface area contributed by atoms with Crippen molar-refractivity contribution < 1.29 is 17.9 Å². The molecule has 0 spiro atoms. The van der Waals surface area contributed by atoms with Gasteiger partial charge in [-0.1, -0.05) is 6.07 Å². The van der Waals surface area contributed by atoms with Gasteiger partial charge in [-0.05, 0) is 68.3 Å². The molecule has 1 N–H and O–H groups in total. The van der Waals surface area contributed by atoms with Gasteiger partial charge in [0.25, 0.3) is 0 Å². The molecule has 0 bridgehead atoms.